The zero-order valence-corrected chi connectivity index (χ0v) is 13.5. The van der Waals surface area contributed by atoms with Crippen LogP contribution in [0.3, 0.4) is 0 Å². The van der Waals surface area contributed by atoms with Gasteiger partial charge in [0.25, 0.3) is 0 Å². The Hall–Kier alpha value is -2.00. The van der Waals surface area contributed by atoms with Crippen molar-refractivity contribution in [1.29, 1.82) is 0 Å². The maximum atomic E-state index is 5.94. The first-order chi connectivity index (χ1) is 10.7. The average Bonchev–Trinajstić information content (AvgIpc) is 2.57. The molecule has 1 saturated heterocycles. The molecule has 0 amide bonds. The van der Waals surface area contributed by atoms with Crippen LogP contribution < -0.4 is 4.90 Å². The fraction of sp³-hybridized carbons (Fsp3) is 0.278. The Bertz CT molecular complexity index is 629. The van der Waals surface area contributed by atoms with Crippen LogP contribution in [-0.4, -0.2) is 36.9 Å². The highest BCUT2D eigenvalue weighted by Gasteiger charge is 2.16. The lowest BCUT2D eigenvalue weighted by Crippen LogP contribution is -2.44. The number of hydrogen-bond donors (Lipinski definition) is 0. The van der Waals surface area contributed by atoms with Crippen molar-refractivity contribution in [3.05, 3.63) is 65.2 Å². The minimum Gasteiger partial charge on any atom is -0.368 e. The fourth-order valence-electron chi connectivity index (χ4n) is 2.66. The van der Waals surface area contributed by atoms with Gasteiger partial charge < -0.3 is 4.90 Å². The molecule has 22 heavy (non-hydrogen) atoms. The number of halogens is 1. The third-order valence-corrected chi connectivity index (χ3v) is 4.18. The van der Waals surface area contributed by atoms with E-state index in [-0.39, 0.29) is 0 Å². The standard InChI is InChI=1S/C18H20ClN3/c1-15(16-5-3-2-4-6-16)20-22-13-11-21(12-14-22)18-9-7-17(19)8-10-18/h2-10H,11-14H2,1H3/b20-15+. The Labute approximate surface area is 136 Å². The summed E-state index contributed by atoms with van der Waals surface area (Å²) >= 11 is 5.94. The number of piperazine rings is 1. The summed E-state index contributed by atoms with van der Waals surface area (Å²) in [6, 6.07) is 18.4. The first kappa shape index (κ1) is 14.9. The van der Waals surface area contributed by atoms with E-state index >= 15 is 0 Å². The Morgan fingerprint density at radius 2 is 1.55 bits per heavy atom. The van der Waals surface area contributed by atoms with E-state index in [0.717, 1.165) is 36.9 Å². The molecule has 3 nitrogen and oxygen atoms in total. The van der Waals surface area contributed by atoms with Gasteiger partial charge in [0.15, 0.2) is 0 Å². The molecule has 3 rings (SSSR count). The summed E-state index contributed by atoms with van der Waals surface area (Å²) in [4.78, 5) is 2.38. The number of benzene rings is 2. The van der Waals surface area contributed by atoms with Gasteiger partial charge in [-0.1, -0.05) is 41.9 Å². The van der Waals surface area contributed by atoms with E-state index in [4.69, 9.17) is 16.7 Å². The van der Waals surface area contributed by atoms with Crippen molar-refractivity contribution in [1.82, 2.24) is 5.01 Å². The molecule has 0 aromatic heterocycles. The zero-order valence-electron chi connectivity index (χ0n) is 12.7. The second-order valence-corrected chi connectivity index (χ2v) is 5.90. The maximum absolute atomic E-state index is 5.94. The second-order valence-electron chi connectivity index (χ2n) is 5.47. The van der Waals surface area contributed by atoms with Gasteiger partial charge in [-0.05, 0) is 36.8 Å². The maximum Gasteiger partial charge on any atom is 0.0646 e. The van der Waals surface area contributed by atoms with Crippen LogP contribution >= 0.6 is 11.6 Å². The lowest BCUT2D eigenvalue weighted by Gasteiger charge is -2.35. The zero-order chi connectivity index (χ0) is 15.4. The largest absolute Gasteiger partial charge is 0.368 e. The summed E-state index contributed by atoms with van der Waals surface area (Å²) < 4.78 is 0. The summed E-state index contributed by atoms with van der Waals surface area (Å²) in [5.74, 6) is 0. The van der Waals surface area contributed by atoms with E-state index in [1.54, 1.807) is 0 Å². The highest BCUT2D eigenvalue weighted by atomic mass is 35.5. The van der Waals surface area contributed by atoms with Gasteiger partial charge in [0, 0.05) is 23.8 Å². The van der Waals surface area contributed by atoms with E-state index in [0.29, 0.717) is 0 Å². The molecular formula is C18H20ClN3. The van der Waals surface area contributed by atoms with Crippen LogP contribution in [0.25, 0.3) is 0 Å². The molecule has 2 aromatic rings. The number of nitrogens with zero attached hydrogens (tertiary/aromatic N) is 3. The molecule has 0 aliphatic carbocycles. The smallest absolute Gasteiger partial charge is 0.0646 e. The van der Waals surface area contributed by atoms with Gasteiger partial charge in [-0.2, -0.15) is 5.10 Å². The molecular weight excluding hydrogens is 294 g/mol. The summed E-state index contributed by atoms with van der Waals surface area (Å²) in [6.07, 6.45) is 0. The Morgan fingerprint density at radius 3 is 2.18 bits per heavy atom. The minimum absolute atomic E-state index is 0.783. The van der Waals surface area contributed by atoms with Crippen molar-refractivity contribution in [2.75, 3.05) is 31.1 Å². The molecule has 0 N–H and O–H groups in total. The molecule has 1 aliphatic rings. The lowest BCUT2D eigenvalue weighted by molar-refractivity contribution is 0.270. The molecule has 4 heteroatoms. The van der Waals surface area contributed by atoms with E-state index in [1.807, 2.05) is 30.3 Å². The van der Waals surface area contributed by atoms with Gasteiger partial charge in [-0.15, -0.1) is 0 Å². The molecule has 2 aromatic carbocycles. The molecule has 0 bridgehead atoms. The summed E-state index contributed by atoms with van der Waals surface area (Å²) in [5.41, 5.74) is 3.48. The van der Waals surface area contributed by atoms with Crippen LogP contribution in [0.4, 0.5) is 5.69 Å². The molecule has 1 aliphatic heterocycles. The summed E-state index contributed by atoms with van der Waals surface area (Å²) in [5, 5.41) is 7.69. The Balaban J connectivity index is 1.61. The summed E-state index contributed by atoms with van der Waals surface area (Å²) in [7, 11) is 0. The van der Waals surface area contributed by atoms with Crippen LogP contribution in [0.2, 0.25) is 5.02 Å². The molecule has 114 valence electrons. The van der Waals surface area contributed by atoms with E-state index in [9.17, 15) is 0 Å². The molecule has 1 fully saturated rings. The van der Waals surface area contributed by atoms with Gasteiger partial charge >= 0.3 is 0 Å². The monoisotopic (exact) mass is 313 g/mol. The fourth-order valence-corrected chi connectivity index (χ4v) is 2.78. The van der Waals surface area contributed by atoms with Crippen molar-refractivity contribution in [2.24, 2.45) is 5.10 Å². The topological polar surface area (TPSA) is 18.8 Å². The van der Waals surface area contributed by atoms with E-state index in [2.05, 4.69) is 41.1 Å². The highest BCUT2D eigenvalue weighted by molar-refractivity contribution is 6.30. The van der Waals surface area contributed by atoms with Gasteiger partial charge in [-0.3, -0.25) is 5.01 Å². The Kier molecular flexibility index (Phi) is 4.64. The molecule has 0 radical (unpaired) electrons. The van der Waals surface area contributed by atoms with Gasteiger partial charge in [0.1, 0.15) is 0 Å². The summed E-state index contributed by atoms with van der Waals surface area (Å²) in [6.45, 7) is 5.90. The molecule has 0 spiro atoms. The van der Waals surface area contributed by atoms with Crippen molar-refractivity contribution in [3.63, 3.8) is 0 Å². The van der Waals surface area contributed by atoms with Crippen LogP contribution in [0.1, 0.15) is 12.5 Å². The predicted octanol–water partition coefficient (Wildman–Crippen LogP) is 3.89. The van der Waals surface area contributed by atoms with Gasteiger partial charge in [0.05, 0.1) is 18.8 Å². The highest BCUT2D eigenvalue weighted by Crippen LogP contribution is 2.19. The predicted molar refractivity (Wildman–Crippen MR) is 93.9 cm³/mol. The number of hydrazone groups is 1. The van der Waals surface area contributed by atoms with Crippen molar-refractivity contribution >= 4 is 23.0 Å². The van der Waals surface area contributed by atoms with Crippen LogP contribution in [0, 0.1) is 0 Å². The van der Waals surface area contributed by atoms with Crippen molar-refractivity contribution in [3.8, 4) is 0 Å². The average molecular weight is 314 g/mol. The lowest BCUT2D eigenvalue weighted by atomic mass is 10.1. The SMILES string of the molecule is C/C(=N\N1CCN(c2ccc(Cl)cc2)CC1)c1ccccc1. The van der Waals surface area contributed by atoms with E-state index < -0.39 is 0 Å². The second kappa shape index (κ2) is 6.84. The van der Waals surface area contributed by atoms with Crippen LogP contribution in [-0.2, 0) is 0 Å². The van der Waals surface area contributed by atoms with Crippen LogP contribution in [0.5, 0.6) is 0 Å². The van der Waals surface area contributed by atoms with Crippen molar-refractivity contribution in [2.45, 2.75) is 6.92 Å². The minimum atomic E-state index is 0.783. The van der Waals surface area contributed by atoms with Gasteiger partial charge in [0.2, 0.25) is 0 Å². The quantitative estimate of drug-likeness (QED) is 0.801. The molecule has 0 saturated carbocycles. The first-order valence-electron chi connectivity index (χ1n) is 7.58. The first-order valence-corrected chi connectivity index (χ1v) is 7.96. The molecule has 0 atom stereocenters. The van der Waals surface area contributed by atoms with Crippen molar-refractivity contribution < 1.29 is 0 Å². The van der Waals surface area contributed by atoms with Gasteiger partial charge in [-0.25, -0.2) is 0 Å². The van der Waals surface area contributed by atoms with Crippen LogP contribution in [0.15, 0.2) is 59.7 Å². The van der Waals surface area contributed by atoms with E-state index in [1.165, 1.54) is 11.3 Å². The molecule has 0 unspecified atom stereocenters. The number of rotatable bonds is 3. The third kappa shape index (κ3) is 3.60. The number of hydrogen-bond acceptors (Lipinski definition) is 3. The molecule has 1 heterocycles. The third-order valence-electron chi connectivity index (χ3n) is 3.93. The number of anilines is 1. The normalized spacial score (nSPS) is 16.0. The Morgan fingerprint density at radius 1 is 0.909 bits per heavy atom.